The number of phenolic OH excluding ortho intramolecular Hbond substituents is 1. The second-order valence-corrected chi connectivity index (χ2v) is 2.97. The van der Waals surface area contributed by atoms with Crippen molar-refractivity contribution in [3.05, 3.63) is 21.8 Å². The highest BCUT2D eigenvalue weighted by atomic mass is 127. The summed E-state index contributed by atoms with van der Waals surface area (Å²) >= 11 is 2.04. The summed E-state index contributed by atoms with van der Waals surface area (Å²) in [6.45, 7) is 0. The molecule has 4 N–H and O–H groups in total. The predicted octanol–water partition coefficient (Wildman–Crippen LogP) is 1.28. The smallest absolute Gasteiger partial charge is 0.131 e. The van der Waals surface area contributed by atoms with Gasteiger partial charge in [-0.25, -0.2) is 0 Å². The van der Waals surface area contributed by atoms with E-state index in [1.807, 2.05) is 22.6 Å². The number of hydrogen-bond donors (Lipinski definition) is 3. The molecule has 0 radical (unpaired) electrons. The van der Waals surface area contributed by atoms with E-state index in [-0.39, 0.29) is 5.75 Å². The van der Waals surface area contributed by atoms with E-state index < -0.39 is 0 Å². The molecule has 0 aliphatic heterocycles. The highest BCUT2D eigenvalue weighted by Gasteiger charge is 1.96. The molecule has 0 fully saturated rings. The van der Waals surface area contributed by atoms with Gasteiger partial charge in [0.05, 0.1) is 9.26 Å². The monoisotopic (exact) mass is 250 g/mol. The van der Waals surface area contributed by atoms with Crippen molar-refractivity contribution >= 4 is 28.3 Å². The van der Waals surface area contributed by atoms with Crippen molar-refractivity contribution in [1.82, 2.24) is 0 Å². The Bertz CT molecular complexity index is 239. The molecule has 0 aromatic heterocycles. The van der Waals surface area contributed by atoms with E-state index in [9.17, 15) is 0 Å². The Kier molecular flexibility index (Phi) is 2.34. The van der Waals surface area contributed by atoms with Gasteiger partial charge in [0, 0.05) is 6.07 Å². The first-order valence-electron chi connectivity index (χ1n) is 2.69. The lowest BCUT2D eigenvalue weighted by Crippen LogP contribution is -2.06. The van der Waals surface area contributed by atoms with Crippen molar-refractivity contribution in [3.63, 3.8) is 0 Å². The lowest BCUT2D eigenvalue weighted by atomic mass is 10.3. The SMILES string of the molecule is NNc1ccc(I)c(O)c1. The Balaban J connectivity index is 3.04. The average Bonchev–Trinajstić information content (AvgIpc) is 1.95. The molecule has 0 spiro atoms. The Hall–Kier alpha value is -0.490. The largest absolute Gasteiger partial charge is 0.507 e. The molecule has 0 amide bonds. The summed E-state index contributed by atoms with van der Waals surface area (Å²) in [5.41, 5.74) is 3.14. The molecular weight excluding hydrogens is 243 g/mol. The van der Waals surface area contributed by atoms with Crippen molar-refractivity contribution < 1.29 is 5.11 Å². The molecule has 4 heteroatoms. The number of nitrogen functional groups attached to an aromatic ring is 1. The predicted molar refractivity (Wildman–Crippen MR) is 48.6 cm³/mol. The average molecular weight is 250 g/mol. The third kappa shape index (κ3) is 1.51. The molecule has 0 aliphatic carbocycles. The summed E-state index contributed by atoms with van der Waals surface area (Å²) in [5.74, 6) is 5.35. The molecule has 1 aromatic carbocycles. The van der Waals surface area contributed by atoms with Gasteiger partial charge in [-0.3, -0.25) is 5.84 Å². The molecule has 10 heavy (non-hydrogen) atoms. The lowest BCUT2D eigenvalue weighted by molar-refractivity contribution is 0.472. The number of nitrogens with one attached hydrogen (secondary N) is 1. The van der Waals surface area contributed by atoms with Crippen molar-refractivity contribution in [1.29, 1.82) is 0 Å². The summed E-state index contributed by atoms with van der Waals surface area (Å²) in [6, 6.07) is 5.15. The Morgan fingerprint density at radius 3 is 2.70 bits per heavy atom. The Morgan fingerprint density at radius 1 is 1.50 bits per heavy atom. The number of halogens is 1. The molecule has 1 aromatic rings. The van der Waals surface area contributed by atoms with Crippen LogP contribution in [-0.2, 0) is 0 Å². The zero-order chi connectivity index (χ0) is 7.56. The van der Waals surface area contributed by atoms with Crippen LogP contribution in [0.2, 0.25) is 0 Å². The van der Waals surface area contributed by atoms with Gasteiger partial charge in [-0.1, -0.05) is 0 Å². The fourth-order valence-electron chi connectivity index (χ4n) is 0.602. The van der Waals surface area contributed by atoms with Gasteiger partial charge in [0.2, 0.25) is 0 Å². The van der Waals surface area contributed by atoms with E-state index in [2.05, 4.69) is 5.43 Å². The molecule has 0 atom stereocenters. The van der Waals surface area contributed by atoms with Crippen LogP contribution in [0.25, 0.3) is 0 Å². The number of hydrazine groups is 1. The molecular formula is C6H7IN2O. The van der Waals surface area contributed by atoms with Gasteiger partial charge in [0.15, 0.2) is 0 Å². The van der Waals surface area contributed by atoms with Crippen molar-refractivity contribution in [2.75, 3.05) is 5.43 Å². The first-order chi connectivity index (χ1) is 4.74. The molecule has 3 nitrogen and oxygen atoms in total. The minimum atomic E-state index is 0.246. The summed E-state index contributed by atoms with van der Waals surface area (Å²) in [6.07, 6.45) is 0. The van der Waals surface area contributed by atoms with Gasteiger partial charge >= 0.3 is 0 Å². The highest BCUT2D eigenvalue weighted by molar-refractivity contribution is 14.1. The van der Waals surface area contributed by atoms with Crippen molar-refractivity contribution in [2.24, 2.45) is 5.84 Å². The van der Waals surface area contributed by atoms with E-state index in [4.69, 9.17) is 10.9 Å². The summed E-state index contributed by atoms with van der Waals surface area (Å²) in [7, 11) is 0. The maximum absolute atomic E-state index is 9.13. The normalized spacial score (nSPS) is 9.40. The van der Waals surface area contributed by atoms with Crippen LogP contribution in [-0.4, -0.2) is 5.11 Å². The van der Waals surface area contributed by atoms with Crippen LogP contribution < -0.4 is 11.3 Å². The Morgan fingerprint density at radius 2 is 2.20 bits per heavy atom. The molecule has 0 saturated carbocycles. The molecule has 0 bridgehead atoms. The van der Waals surface area contributed by atoms with Crippen LogP contribution in [0, 0.1) is 3.57 Å². The standard InChI is InChI=1S/C6H7IN2O/c7-5-2-1-4(9-8)3-6(5)10/h1-3,9-10H,8H2. The fourth-order valence-corrected chi connectivity index (χ4v) is 0.938. The number of nitrogens with two attached hydrogens (primary N) is 1. The maximum atomic E-state index is 9.13. The number of benzene rings is 1. The summed E-state index contributed by atoms with van der Waals surface area (Å²) < 4.78 is 0.816. The number of phenols is 1. The first kappa shape index (κ1) is 7.62. The fraction of sp³-hybridized carbons (Fsp3) is 0. The lowest BCUT2D eigenvalue weighted by Gasteiger charge is -2.00. The van der Waals surface area contributed by atoms with E-state index >= 15 is 0 Å². The van der Waals surface area contributed by atoms with Gasteiger partial charge in [-0.15, -0.1) is 0 Å². The van der Waals surface area contributed by atoms with Crippen LogP contribution >= 0.6 is 22.6 Å². The van der Waals surface area contributed by atoms with Crippen LogP contribution in [0.15, 0.2) is 18.2 Å². The number of aromatic hydroxyl groups is 1. The first-order valence-corrected chi connectivity index (χ1v) is 3.77. The summed E-state index contributed by atoms with van der Waals surface area (Å²) in [5, 5.41) is 9.13. The van der Waals surface area contributed by atoms with Crippen LogP contribution in [0.3, 0.4) is 0 Å². The second-order valence-electron chi connectivity index (χ2n) is 1.81. The second kappa shape index (κ2) is 3.07. The zero-order valence-electron chi connectivity index (χ0n) is 5.13. The minimum Gasteiger partial charge on any atom is -0.507 e. The molecule has 54 valence electrons. The minimum absolute atomic E-state index is 0.246. The van der Waals surface area contributed by atoms with Gasteiger partial charge in [-0.2, -0.15) is 0 Å². The van der Waals surface area contributed by atoms with E-state index in [0.29, 0.717) is 5.69 Å². The van der Waals surface area contributed by atoms with E-state index in [1.165, 1.54) is 0 Å². The van der Waals surface area contributed by atoms with Crippen molar-refractivity contribution in [2.45, 2.75) is 0 Å². The summed E-state index contributed by atoms with van der Waals surface area (Å²) in [4.78, 5) is 0. The number of hydrogen-bond acceptors (Lipinski definition) is 3. The van der Waals surface area contributed by atoms with Crippen LogP contribution in [0.4, 0.5) is 5.69 Å². The zero-order valence-corrected chi connectivity index (χ0v) is 7.29. The highest BCUT2D eigenvalue weighted by Crippen LogP contribution is 2.22. The van der Waals surface area contributed by atoms with Crippen molar-refractivity contribution in [3.8, 4) is 5.75 Å². The molecule has 0 unspecified atom stereocenters. The molecule has 1 rings (SSSR count). The number of anilines is 1. The Labute approximate surface area is 72.3 Å². The van der Waals surface area contributed by atoms with E-state index in [0.717, 1.165) is 3.57 Å². The maximum Gasteiger partial charge on any atom is 0.131 e. The molecule has 0 heterocycles. The number of rotatable bonds is 1. The van der Waals surface area contributed by atoms with Gasteiger partial charge in [0.1, 0.15) is 5.75 Å². The van der Waals surface area contributed by atoms with Gasteiger partial charge in [-0.05, 0) is 34.7 Å². The van der Waals surface area contributed by atoms with Crippen LogP contribution in [0.5, 0.6) is 5.75 Å². The third-order valence-corrected chi connectivity index (χ3v) is 2.03. The van der Waals surface area contributed by atoms with Gasteiger partial charge < -0.3 is 10.5 Å². The quantitative estimate of drug-likeness (QED) is 0.400. The van der Waals surface area contributed by atoms with Crippen LogP contribution in [0.1, 0.15) is 0 Å². The topological polar surface area (TPSA) is 58.3 Å². The molecule has 0 aliphatic rings. The van der Waals surface area contributed by atoms with E-state index in [1.54, 1.807) is 18.2 Å². The van der Waals surface area contributed by atoms with Gasteiger partial charge in [0.25, 0.3) is 0 Å². The third-order valence-electron chi connectivity index (χ3n) is 1.11. The molecule has 0 saturated heterocycles.